The smallest absolute Gasteiger partial charge is 0.257 e. The summed E-state index contributed by atoms with van der Waals surface area (Å²) in [6.07, 6.45) is 0. The van der Waals surface area contributed by atoms with Crippen LogP contribution in [0.1, 0.15) is 33.7 Å². The van der Waals surface area contributed by atoms with Gasteiger partial charge in [-0.15, -0.1) is 0 Å². The molecular formula is C15H16FN3O3. The van der Waals surface area contributed by atoms with Crippen molar-refractivity contribution in [2.45, 2.75) is 19.9 Å². The lowest BCUT2D eigenvalue weighted by molar-refractivity contribution is -0.0121. The summed E-state index contributed by atoms with van der Waals surface area (Å²) in [5.41, 5.74) is 0.800. The maximum absolute atomic E-state index is 14.1. The first-order valence-electron chi connectivity index (χ1n) is 7.01. The molecule has 6 nitrogen and oxygen atoms in total. The van der Waals surface area contributed by atoms with E-state index in [2.05, 4.69) is 10.1 Å². The standard InChI is InChI=1S/C15H16FN3O3/c1-9-3-4-11(12(16)7-9)15(20)19-5-6-21-8-13(19)14-17-10(2)18-22-14/h3-4,7,13H,5-6,8H2,1-2H3/t13-/m0/s1. The normalized spacial score (nSPS) is 18.5. The second-order valence-electron chi connectivity index (χ2n) is 5.25. The molecule has 0 radical (unpaired) electrons. The number of carbonyl (C=O) groups is 1. The van der Waals surface area contributed by atoms with E-state index in [9.17, 15) is 9.18 Å². The quantitative estimate of drug-likeness (QED) is 0.849. The Hall–Kier alpha value is -2.28. The second-order valence-corrected chi connectivity index (χ2v) is 5.25. The van der Waals surface area contributed by atoms with E-state index < -0.39 is 17.8 Å². The van der Waals surface area contributed by atoms with E-state index in [1.807, 2.05) is 0 Å². The summed E-state index contributed by atoms with van der Waals surface area (Å²) in [4.78, 5) is 18.3. The van der Waals surface area contributed by atoms with Crippen molar-refractivity contribution in [1.82, 2.24) is 15.0 Å². The summed E-state index contributed by atoms with van der Waals surface area (Å²) in [7, 11) is 0. The maximum Gasteiger partial charge on any atom is 0.257 e. The second kappa shape index (κ2) is 5.84. The van der Waals surface area contributed by atoms with E-state index in [1.54, 1.807) is 19.9 Å². The molecule has 1 aromatic carbocycles. The largest absolute Gasteiger partial charge is 0.377 e. The summed E-state index contributed by atoms with van der Waals surface area (Å²) in [5, 5.41) is 3.73. The lowest BCUT2D eigenvalue weighted by atomic mass is 10.1. The van der Waals surface area contributed by atoms with Crippen molar-refractivity contribution < 1.29 is 18.4 Å². The van der Waals surface area contributed by atoms with Crippen LogP contribution < -0.4 is 0 Å². The van der Waals surface area contributed by atoms with Crippen molar-refractivity contribution in [2.24, 2.45) is 0 Å². The van der Waals surface area contributed by atoms with Crippen LogP contribution >= 0.6 is 0 Å². The molecule has 1 atom stereocenters. The summed E-state index contributed by atoms with van der Waals surface area (Å²) in [6, 6.07) is 4.06. The summed E-state index contributed by atoms with van der Waals surface area (Å²) in [6.45, 7) is 4.46. The molecule has 0 unspecified atom stereocenters. The molecule has 0 aliphatic carbocycles. The maximum atomic E-state index is 14.1. The average molecular weight is 305 g/mol. The van der Waals surface area contributed by atoms with Gasteiger partial charge in [0, 0.05) is 6.54 Å². The number of nitrogens with zero attached hydrogens (tertiary/aromatic N) is 3. The molecule has 0 N–H and O–H groups in total. The topological polar surface area (TPSA) is 68.5 Å². The van der Waals surface area contributed by atoms with Gasteiger partial charge in [-0.3, -0.25) is 4.79 Å². The molecule has 0 bridgehead atoms. The van der Waals surface area contributed by atoms with Gasteiger partial charge in [0.25, 0.3) is 11.8 Å². The van der Waals surface area contributed by atoms with Crippen molar-refractivity contribution >= 4 is 5.91 Å². The first kappa shape index (κ1) is 14.6. The van der Waals surface area contributed by atoms with Crippen LogP contribution in [0.3, 0.4) is 0 Å². The number of rotatable bonds is 2. The highest BCUT2D eigenvalue weighted by atomic mass is 19.1. The molecule has 1 aliphatic rings. The minimum atomic E-state index is -0.531. The zero-order valence-electron chi connectivity index (χ0n) is 12.4. The molecule has 2 aromatic rings. The van der Waals surface area contributed by atoms with Gasteiger partial charge in [-0.1, -0.05) is 11.2 Å². The molecule has 116 valence electrons. The molecule has 22 heavy (non-hydrogen) atoms. The van der Waals surface area contributed by atoms with Gasteiger partial charge in [0.05, 0.1) is 18.8 Å². The summed E-state index contributed by atoms with van der Waals surface area (Å²) >= 11 is 0. The number of benzene rings is 1. The van der Waals surface area contributed by atoms with E-state index in [0.29, 0.717) is 24.9 Å². The highest BCUT2D eigenvalue weighted by Gasteiger charge is 2.34. The molecule has 0 spiro atoms. The van der Waals surface area contributed by atoms with Gasteiger partial charge in [0.15, 0.2) is 5.82 Å². The Kier molecular flexibility index (Phi) is 3.89. The van der Waals surface area contributed by atoms with E-state index in [0.717, 1.165) is 5.56 Å². The molecule has 1 aliphatic heterocycles. The fourth-order valence-electron chi connectivity index (χ4n) is 2.45. The van der Waals surface area contributed by atoms with Gasteiger partial charge in [-0.2, -0.15) is 4.98 Å². The minimum absolute atomic E-state index is 0.0359. The van der Waals surface area contributed by atoms with Crippen LogP contribution in [0, 0.1) is 19.7 Å². The Morgan fingerprint density at radius 3 is 2.91 bits per heavy atom. The number of hydrogen-bond acceptors (Lipinski definition) is 5. The predicted octanol–water partition coefficient (Wildman–Crippen LogP) is 2.04. The fraction of sp³-hybridized carbons (Fsp3) is 0.400. The number of morpholine rings is 1. The molecule has 1 amide bonds. The first-order valence-corrected chi connectivity index (χ1v) is 7.01. The number of halogens is 1. The highest BCUT2D eigenvalue weighted by Crippen LogP contribution is 2.25. The van der Waals surface area contributed by atoms with Crippen LogP contribution in [0.4, 0.5) is 4.39 Å². The Balaban J connectivity index is 1.91. The third-order valence-electron chi connectivity index (χ3n) is 3.57. The lowest BCUT2D eigenvalue weighted by Gasteiger charge is -2.33. The number of aryl methyl sites for hydroxylation is 2. The van der Waals surface area contributed by atoms with Crippen LogP contribution in [-0.2, 0) is 4.74 Å². The van der Waals surface area contributed by atoms with Crippen molar-refractivity contribution in [2.75, 3.05) is 19.8 Å². The predicted molar refractivity (Wildman–Crippen MR) is 74.8 cm³/mol. The third-order valence-corrected chi connectivity index (χ3v) is 3.57. The van der Waals surface area contributed by atoms with Crippen molar-refractivity contribution in [3.63, 3.8) is 0 Å². The Labute approximate surface area is 126 Å². The van der Waals surface area contributed by atoms with Gasteiger partial charge in [0.1, 0.15) is 11.9 Å². The van der Waals surface area contributed by atoms with Crippen molar-refractivity contribution in [1.29, 1.82) is 0 Å². The van der Waals surface area contributed by atoms with Gasteiger partial charge in [0.2, 0.25) is 0 Å². The Morgan fingerprint density at radius 2 is 2.23 bits per heavy atom. The number of amides is 1. The SMILES string of the molecule is Cc1ccc(C(=O)N2CCOC[C@H]2c2nc(C)no2)c(F)c1. The molecule has 1 saturated heterocycles. The Morgan fingerprint density at radius 1 is 1.41 bits per heavy atom. The van der Waals surface area contributed by atoms with Crippen LogP contribution in [-0.4, -0.2) is 40.7 Å². The van der Waals surface area contributed by atoms with Gasteiger partial charge >= 0.3 is 0 Å². The number of carbonyl (C=O) groups excluding carboxylic acids is 1. The van der Waals surface area contributed by atoms with E-state index in [-0.39, 0.29) is 12.2 Å². The highest BCUT2D eigenvalue weighted by molar-refractivity contribution is 5.94. The number of hydrogen-bond donors (Lipinski definition) is 0. The van der Waals surface area contributed by atoms with Crippen LogP contribution in [0.5, 0.6) is 0 Å². The van der Waals surface area contributed by atoms with Gasteiger partial charge < -0.3 is 14.2 Å². The summed E-state index contributed by atoms with van der Waals surface area (Å²) in [5.74, 6) is -0.147. The molecule has 7 heteroatoms. The minimum Gasteiger partial charge on any atom is -0.377 e. The number of aromatic nitrogens is 2. The number of ether oxygens (including phenoxy) is 1. The average Bonchev–Trinajstić information content (AvgIpc) is 2.93. The van der Waals surface area contributed by atoms with Crippen LogP contribution in [0.15, 0.2) is 22.7 Å². The van der Waals surface area contributed by atoms with Gasteiger partial charge in [-0.25, -0.2) is 4.39 Å². The molecule has 0 saturated carbocycles. The molecule has 1 fully saturated rings. The zero-order chi connectivity index (χ0) is 15.7. The van der Waals surface area contributed by atoms with Crippen LogP contribution in [0.25, 0.3) is 0 Å². The zero-order valence-corrected chi connectivity index (χ0v) is 12.4. The van der Waals surface area contributed by atoms with E-state index in [4.69, 9.17) is 9.26 Å². The van der Waals surface area contributed by atoms with Crippen molar-refractivity contribution in [3.05, 3.63) is 46.9 Å². The summed E-state index contributed by atoms with van der Waals surface area (Å²) < 4.78 is 24.6. The lowest BCUT2D eigenvalue weighted by Crippen LogP contribution is -2.43. The Bertz CT molecular complexity index is 701. The van der Waals surface area contributed by atoms with E-state index in [1.165, 1.54) is 17.0 Å². The molecule has 1 aromatic heterocycles. The van der Waals surface area contributed by atoms with Crippen molar-refractivity contribution in [3.8, 4) is 0 Å². The monoisotopic (exact) mass is 305 g/mol. The molecular weight excluding hydrogens is 289 g/mol. The molecule has 2 heterocycles. The van der Waals surface area contributed by atoms with Gasteiger partial charge in [-0.05, 0) is 31.5 Å². The fourth-order valence-corrected chi connectivity index (χ4v) is 2.45. The molecule has 3 rings (SSSR count). The van der Waals surface area contributed by atoms with Crippen LogP contribution in [0.2, 0.25) is 0 Å². The first-order chi connectivity index (χ1) is 10.6. The third kappa shape index (κ3) is 2.71. The van der Waals surface area contributed by atoms with E-state index >= 15 is 0 Å².